The first-order chi connectivity index (χ1) is 8.78. The third-order valence-corrected chi connectivity index (χ3v) is 4.37. The number of aromatic nitrogens is 1. The van der Waals surface area contributed by atoms with Crippen molar-refractivity contribution in [2.24, 2.45) is 5.73 Å². The van der Waals surface area contributed by atoms with E-state index in [0.717, 1.165) is 17.6 Å². The van der Waals surface area contributed by atoms with Crippen LogP contribution in [0.15, 0.2) is 28.9 Å². The molecule has 3 rings (SSSR count). The van der Waals surface area contributed by atoms with E-state index in [1.54, 1.807) is 0 Å². The largest absolute Gasteiger partial charge is 0.361 e. The van der Waals surface area contributed by atoms with E-state index in [4.69, 9.17) is 5.73 Å². The van der Waals surface area contributed by atoms with Gasteiger partial charge in [0.1, 0.15) is 0 Å². The summed E-state index contributed by atoms with van der Waals surface area (Å²) in [6.07, 6.45) is 4.64. The summed E-state index contributed by atoms with van der Waals surface area (Å²) in [6.45, 7) is 2.94. The van der Waals surface area contributed by atoms with Gasteiger partial charge in [-0.25, -0.2) is 0 Å². The highest BCUT2D eigenvalue weighted by Gasteiger charge is 2.23. The maximum absolute atomic E-state index is 5.83. The van der Waals surface area contributed by atoms with Gasteiger partial charge in [-0.1, -0.05) is 15.9 Å². The molecule has 0 amide bonds. The predicted molar refractivity (Wildman–Crippen MR) is 78.5 cm³/mol. The Kier molecular flexibility index (Phi) is 3.41. The van der Waals surface area contributed by atoms with Gasteiger partial charge >= 0.3 is 0 Å². The van der Waals surface area contributed by atoms with Crippen molar-refractivity contribution in [1.82, 2.24) is 9.88 Å². The monoisotopic (exact) mass is 307 g/mol. The van der Waals surface area contributed by atoms with Crippen LogP contribution in [-0.4, -0.2) is 29.0 Å². The van der Waals surface area contributed by atoms with Gasteiger partial charge in [0.15, 0.2) is 0 Å². The zero-order valence-electron chi connectivity index (χ0n) is 10.3. The molecule has 3 nitrogen and oxygen atoms in total. The fourth-order valence-corrected chi connectivity index (χ4v) is 3.23. The van der Waals surface area contributed by atoms with Crippen LogP contribution in [0.5, 0.6) is 0 Å². The average Bonchev–Trinajstić information content (AvgIpc) is 2.97. The van der Waals surface area contributed by atoms with E-state index >= 15 is 0 Å². The van der Waals surface area contributed by atoms with E-state index in [1.807, 2.05) is 0 Å². The van der Waals surface area contributed by atoms with Crippen LogP contribution in [0.25, 0.3) is 10.9 Å². The zero-order chi connectivity index (χ0) is 12.5. The molecule has 1 aliphatic heterocycles. The van der Waals surface area contributed by atoms with Crippen LogP contribution >= 0.6 is 15.9 Å². The number of nitrogens with zero attached hydrogens (tertiary/aromatic N) is 1. The quantitative estimate of drug-likeness (QED) is 0.916. The van der Waals surface area contributed by atoms with E-state index in [0.29, 0.717) is 6.04 Å². The molecule has 18 heavy (non-hydrogen) atoms. The molecule has 1 aliphatic rings. The second-order valence-corrected chi connectivity index (χ2v) is 5.92. The summed E-state index contributed by atoms with van der Waals surface area (Å²) in [4.78, 5) is 5.85. The van der Waals surface area contributed by atoms with E-state index in [1.165, 1.54) is 35.9 Å². The number of halogens is 1. The van der Waals surface area contributed by atoms with E-state index < -0.39 is 0 Å². The number of aromatic amines is 1. The lowest BCUT2D eigenvalue weighted by molar-refractivity contribution is 0.251. The molecule has 2 aromatic rings. The van der Waals surface area contributed by atoms with Crippen LogP contribution < -0.4 is 5.73 Å². The lowest BCUT2D eigenvalue weighted by atomic mass is 10.1. The van der Waals surface area contributed by atoms with Crippen LogP contribution in [0.1, 0.15) is 18.4 Å². The minimum Gasteiger partial charge on any atom is -0.361 e. The summed E-state index contributed by atoms with van der Waals surface area (Å²) in [5, 5.41) is 1.31. The second kappa shape index (κ2) is 5.03. The van der Waals surface area contributed by atoms with Crippen molar-refractivity contribution in [3.63, 3.8) is 0 Å². The Morgan fingerprint density at radius 3 is 3.17 bits per heavy atom. The molecule has 0 aliphatic carbocycles. The maximum Gasteiger partial charge on any atom is 0.0458 e. The number of nitrogens with one attached hydrogen (secondary N) is 1. The SMILES string of the molecule is NCC1CCCN1Cc1c[nH]c2ccc(Br)cc12. The number of H-pyrrole nitrogens is 1. The number of likely N-dealkylation sites (tertiary alicyclic amines) is 1. The molecular formula is C14H18BrN3. The molecule has 4 heteroatoms. The molecule has 96 valence electrons. The second-order valence-electron chi connectivity index (χ2n) is 5.01. The molecule has 0 radical (unpaired) electrons. The molecule has 1 atom stereocenters. The number of hydrogen-bond donors (Lipinski definition) is 2. The van der Waals surface area contributed by atoms with E-state index in [-0.39, 0.29) is 0 Å². The molecular weight excluding hydrogens is 290 g/mol. The summed E-state index contributed by atoms with van der Waals surface area (Å²) in [6, 6.07) is 6.94. The third kappa shape index (κ3) is 2.20. The van der Waals surface area contributed by atoms with Crippen molar-refractivity contribution in [2.45, 2.75) is 25.4 Å². The Hall–Kier alpha value is -0.840. The number of fused-ring (bicyclic) bond motifs is 1. The minimum atomic E-state index is 0.558. The van der Waals surface area contributed by atoms with Gasteiger partial charge in [0.05, 0.1) is 0 Å². The highest BCUT2D eigenvalue weighted by Crippen LogP contribution is 2.26. The average molecular weight is 308 g/mol. The van der Waals surface area contributed by atoms with Crippen LogP contribution in [0.4, 0.5) is 0 Å². The number of nitrogens with two attached hydrogens (primary N) is 1. The molecule has 3 N–H and O–H groups in total. The summed E-state index contributed by atoms with van der Waals surface area (Å²) in [5.74, 6) is 0. The molecule has 1 aromatic carbocycles. The number of benzene rings is 1. The Morgan fingerprint density at radius 2 is 2.33 bits per heavy atom. The van der Waals surface area contributed by atoms with E-state index in [2.05, 4.69) is 50.2 Å². The first-order valence-corrected chi connectivity index (χ1v) is 7.27. The molecule has 1 fully saturated rings. The molecule has 1 unspecified atom stereocenters. The van der Waals surface area contributed by atoms with Gasteiger partial charge in [-0.2, -0.15) is 0 Å². The summed E-state index contributed by atoms with van der Waals surface area (Å²) < 4.78 is 1.13. The van der Waals surface area contributed by atoms with Gasteiger partial charge in [0.2, 0.25) is 0 Å². The van der Waals surface area contributed by atoms with Crippen LogP contribution in [-0.2, 0) is 6.54 Å². The molecule has 0 saturated carbocycles. The van der Waals surface area contributed by atoms with Crippen molar-refractivity contribution in [2.75, 3.05) is 13.1 Å². The van der Waals surface area contributed by atoms with Gasteiger partial charge in [0.25, 0.3) is 0 Å². The summed E-state index contributed by atoms with van der Waals surface area (Å²) in [5.41, 5.74) is 8.41. The smallest absolute Gasteiger partial charge is 0.0458 e. The summed E-state index contributed by atoms with van der Waals surface area (Å²) in [7, 11) is 0. The Labute approximate surface area is 115 Å². The van der Waals surface area contributed by atoms with Crippen molar-refractivity contribution in [3.05, 3.63) is 34.4 Å². The topological polar surface area (TPSA) is 45.0 Å². The molecule has 2 heterocycles. The summed E-state index contributed by atoms with van der Waals surface area (Å²) >= 11 is 3.54. The first kappa shape index (κ1) is 12.2. The van der Waals surface area contributed by atoms with Gasteiger partial charge in [0, 0.05) is 40.7 Å². The van der Waals surface area contributed by atoms with Crippen molar-refractivity contribution < 1.29 is 0 Å². The highest BCUT2D eigenvalue weighted by molar-refractivity contribution is 9.10. The van der Waals surface area contributed by atoms with Gasteiger partial charge in [-0.05, 0) is 43.1 Å². The van der Waals surface area contributed by atoms with Gasteiger partial charge in [-0.3, -0.25) is 4.90 Å². The Balaban J connectivity index is 1.88. The fraction of sp³-hybridized carbons (Fsp3) is 0.429. The zero-order valence-corrected chi connectivity index (χ0v) is 11.9. The minimum absolute atomic E-state index is 0.558. The predicted octanol–water partition coefficient (Wildman–Crippen LogP) is 2.85. The lowest BCUT2D eigenvalue weighted by Gasteiger charge is -2.22. The molecule has 1 aromatic heterocycles. The third-order valence-electron chi connectivity index (χ3n) is 3.87. The normalized spacial score (nSPS) is 20.9. The van der Waals surface area contributed by atoms with Crippen LogP contribution in [0.2, 0.25) is 0 Å². The lowest BCUT2D eigenvalue weighted by Crippen LogP contribution is -2.34. The van der Waals surface area contributed by atoms with Crippen molar-refractivity contribution in [3.8, 4) is 0 Å². The number of rotatable bonds is 3. The van der Waals surface area contributed by atoms with E-state index in [9.17, 15) is 0 Å². The van der Waals surface area contributed by atoms with Gasteiger partial charge < -0.3 is 10.7 Å². The molecule has 0 bridgehead atoms. The van der Waals surface area contributed by atoms with Crippen LogP contribution in [0.3, 0.4) is 0 Å². The Bertz CT molecular complexity index is 549. The molecule has 0 spiro atoms. The standard InChI is InChI=1S/C14H18BrN3/c15-11-3-4-14-13(6-11)10(8-17-14)9-18-5-1-2-12(18)7-16/h3-4,6,8,12,17H,1-2,5,7,9,16H2. The first-order valence-electron chi connectivity index (χ1n) is 6.47. The molecule has 1 saturated heterocycles. The van der Waals surface area contributed by atoms with Crippen molar-refractivity contribution >= 4 is 26.8 Å². The van der Waals surface area contributed by atoms with Crippen molar-refractivity contribution in [1.29, 1.82) is 0 Å². The van der Waals surface area contributed by atoms with Crippen LogP contribution in [0, 0.1) is 0 Å². The maximum atomic E-state index is 5.83. The Morgan fingerprint density at radius 1 is 1.44 bits per heavy atom. The highest BCUT2D eigenvalue weighted by atomic mass is 79.9. The van der Waals surface area contributed by atoms with Gasteiger partial charge in [-0.15, -0.1) is 0 Å². The fourth-order valence-electron chi connectivity index (χ4n) is 2.87. The number of hydrogen-bond acceptors (Lipinski definition) is 2.